The quantitative estimate of drug-likeness (QED) is 0.691. The number of nitrogens with zero attached hydrogens (tertiary/aromatic N) is 2. The van der Waals surface area contributed by atoms with Crippen LogP contribution in [0.1, 0.15) is 45.6 Å². The summed E-state index contributed by atoms with van der Waals surface area (Å²) in [6, 6.07) is 0. The van der Waals surface area contributed by atoms with Crippen LogP contribution in [0.2, 0.25) is 0 Å². The predicted molar refractivity (Wildman–Crippen MR) is 54.5 cm³/mol. The van der Waals surface area contributed by atoms with Crippen LogP contribution in [-0.2, 0) is 5.41 Å². The molecule has 0 fully saturated rings. The lowest BCUT2D eigenvalue weighted by atomic mass is 9.82. The monoisotopic (exact) mass is 196 g/mol. The average Bonchev–Trinajstić information content (AvgIpc) is 2.16. The molecular formula is C11H17FN2. The molecule has 0 radical (unpaired) electrons. The molecule has 1 heterocycles. The molecule has 1 rings (SSSR count). The fraction of sp³-hybridized carbons (Fsp3) is 0.636. The first kappa shape index (κ1) is 11.1. The molecule has 0 aliphatic carbocycles. The Bertz CT molecular complexity index is 280. The first-order valence-corrected chi connectivity index (χ1v) is 5.04. The van der Waals surface area contributed by atoms with Crippen molar-refractivity contribution in [2.75, 3.05) is 0 Å². The van der Waals surface area contributed by atoms with E-state index >= 15 is 0 Å². The zero-order valence-corrected chi connectivity index (χ0v) is 9.05. The summed E-state index contributed by atoms with van der Waals surface area (Å²) in [4.78, 5) is 7.15. The molecule has 78 valence electrons. The normalized spacial score (nSPS) is 11.7. The molecule has 0 amide bonds. The Hall–Kier alpha value is -0.990. The smallest absolute Gasteiger partial charge is 0.210 e. The van der Waals surface area contributed by atoms with E-state index in [2.05, 4.69) is 30.7 Å². The zero-order valence-electron chi connectivity index (χ0n) is 9.05. The highest BCUT2D eigenvalue weighted by Gasteiger charge is 2.20. The third-order valence-corrected chi connectivity index (χ3v) is 2.56. The van der Waals surface area contributed by atoms with Gasteiger partial charge in [-0.25, -0.2) is 9.97 Å². The molecular weight excluding hydrogens is 179 g/mol. The van der Waals surface area contributed by atoms with Gasteiger partial charge in [-0.15, -0.1) is 0 Å². The molecule has 0 aromatic carbocycles. The number of unbranched alkanes of at least 4 members (excludes halogenated alkanes) is 1. The van der Waals surface area contributed by atoms with Crippen LogP contribution in [0.3, 0.4) is 0 Å². The first-order chi connectivity index (χ1) is 6.56. The number of rotatable bonds is 4. The highest BCUT2D eigenvalue weighted by molar-refractivity contribution is 5.15. The molecule has 14 heavy (non-hydrogen) atoms. The van der Waals surface area contributed by atoms with E-state index in [4.69, 9.17) is 0 Å². The van der Waals surface area contributed by atoms with Crippen LogP contribution in [0, 0.1) is 6.08 Å². The van der Waals surface area contributed by atoms with Gasteiger partial charge in [-0.05, 0) is 17.4 Å². The van der Waals surface area contributed by atoms with E-state index < -0.39 is 6.08 Å². The van der Waals surface area contributed by atoms with Crippen molar-refractivity contribution in [3.05, 3.63) is 24.0 Å². The van der Waals surface area contributed by atoms with Crippen molar-refractivity contribution in [1.82, 2.24) is 9.97 Å². The van der Waals surface area contributed by atoms with Gasteiger partial charge in [0.15, 0.2) is 0 Å². The Morgan fingerprint density at radius 3 is 2.36 bits per heavy atom. The number of hydrogen-bond donors (Lipinski definition) is 0. The molecule has 0 unspecified atom stereocenters. The maximum Gasteiger partial charge on any atom is 0.308 e. The molecule has 0 aliphatic rings. The van der Waals surface area contributed by atoms with E-state index in [9.17, 15) is 4.39 Å². The summed E-state index contributed by atoms with van der Waals surface area (Å²) in [5.74, 6) is 0. The summed E-state index contributed by atoms with van der Waals surface area (Å²) in [6.45, 7) is 6.44. The Morgan fingerprint density at radius 2 is 1.86 bits per heavy atom. The molecule has 0 saturated carbocycles. The summed E-state index contributed by atoms with van der Waals surface area (Å²) in [5.41, 5.74) is 1.05. The van der Waals surface area contributed by atoms with E-state index in [1.807, 2.05) is 0 Å². The summed E-state index contributed by atoms with van der Waals surface area (Å²) in [5, 5.41) is 0. The molecule has 1 aromatic heterocycles. The van der Waals surface area contributed by atoms with Crippen molar-refractivity contribution in [3.8, 4) is 0 Å². The highest BCUT2D eigenvalue weighted by Crippen LogP contribution is 2.27. The van der Waals surface area contributed by atoms with E-state index in [1.54, 1.807) is 12.4 Å². The van der Waals surface area contributed by atoms with Crippen molar-refractivity contribution >= 4 is 0 Å². The second-order valence-corrected chi connectivity index (χ2v) is 4.23. The molecule has 0 spiro atoms. The summed E-state index contributed by atoms with van der Waals surface area (Å²) in [6.07, 6.45) is 5.93. The van der Waals surface area contributed by atoms with Gasteiger partial charge in [0.25, 0.3) is 0 Å². The van der Waals surface area contributed by atoms with Crippen LogP contribution in [0.5, 0.6) is 0 Å². The van der Waals surface area contributed by atoms with Crippen LogP contribution in [0.4, 0.5) is 4.39 Å². The topological polar surface area (TPSA) is 25.8 Å². The summed E-state index contributed by atoms with van der Waals surface area (Å²) in [7, 11) is 0. The highest BCUT2D eigenvalue weighted by atomic mass is 19.1. The van der Waals surface area contributed by atoms with E-state index in [1.165, 1.54) is 12.8 Å². The van der Waals surface area contributed by atoms with E-state index in [0.29, 0.717) is 0 Å². The molecule has 2 nitrogen and oxygen atoms in total. The van der Waals surface area contributed by atoms with Gasteiger partial charge in [0.05, 0.1) is 0 Å². The first-order valence-electron chi connectivity index (χ1n) is 5.04. The minimum absolute atomic E-state index is 0.0453. The standard InChI is InChI=1S/C11H17FN2/c1-4-5-6-11(2,3)9-7-13-10(12)14-8-9/h7-8H,4-6H2,1-3H3. The van der Waals surface area contributed by atoms with Crippen molar-refractivity contribution < 1.29 is 4.39 Å². The molecule has 0 aliphatic heterocycles. The number of halogens is 1. The third kappa shape index (κ3) is 2.76. The largest absolute Gasteiger partial charge is 0.308 e. The molecule has 3 heteroatoms. The molecule has 0 bridgehead atoms. The van der Waals surface area contributed by atoms with Crippen molar-refractivity contribution in [3.63, 3.8) is 0 Å². The van der Waals surface area contributed by atoms with Gasteiger partial charge in [0.1, 0.15) is 0 Å². The minimum Gasteiger partial charge on any atom is -0.210 e. The van der Waals surface area contributed by atoms with Gasteiger partial charge >= 0.3 is 6.08 Å². The Morgan fingerprint density at radius 1 is 1.29 bits per heavy atom. The number of hydrogen-bond acceptors (Lipinski definition) is 2. The van der Waals surface area contributed by atoms with Crippen LogP contribution in [-0.4, -0.2) is 9.97 Å². The molecule has 1 aromatic rings. The Balaban J connectivity index is 2.75. The van der Waals surface area contributed by atoms with Crippen LogP contribution >= 0.6 is 0 Å². The summed E-state index contributed by atoms with van der Waals surface area (Å²) >= 11 is 0. The van der Waals surface area contributed by atoms with E-state index in [-0.39, 0.29) is 5.41 Å². The van der Waals surface area contributed by atoms with Crippen molar-refractivity contribution in [1.29, 1.82) is 0 Å². The van der Waals surface area contributed by atoms with Gasteiger partial charge in [0.2, 0.25) is 0 Å². The second kappa shape index (κ2) is 4.49. The fourth-order valence-electron chi connectivity index (χ4n) is 1.42. The maximum atomic E-state index is 12.5. The molecule has 0 atom stereocenters. The van der Waals surface area contributed by atoms with E-state index in [0.717, 1.165) is 12.0 Å². The SMILES string of the molecule is CCCCC(C)(C)c1cnc(F)nc1. The van der Waals surface area contributed by atoms with Crippen LogP contribution < -0.4 is 0 Å². The van der Waals surface area contributed by atoms with Gasteiger partial charge in [-0.1, -0.05) is 33.6 Å². The third-order valence-electron chi connectivity index (χ3n) is 2.56. The Kier molecular flexibility index (Phi) is 3.55. The summed E-state index contributed by atoms with van der Waals surface area (Å²) < 4.78 is 12.5. The van der Waals surface area contributed by atoms with Gasteiger partial charge < -0.3 is 0 Å². The van der Waals surface area contributed by atoms with Gasteiger partial charge in [-0.3, -0.25) is 0 Å². The van der Waals surface area contributed by atoms with Gasteiger partial charge in [0, 0.05) is 12.4 Å². The fourth-order valence-corrected chi connectivity index (χ4v) is 1.42. The Labute approximate surface area is 84.6 Å². The lowest BCUT2D eigenvalue weighted by Gasteiger charge is -2.23. The van der Waals surface area contributed by atoms with Gasteiger partial charge in [-0.2, -0.15) is 4.39 Å². The molecule has 0 saturated heterocycles. The maximum absolute atomic E-state index is 12.5. The number of aromatic nitrogens is 2. The second-order valence-electron chi connectivity index (χ2n) is 4.23. The van der Waals surface area contributed by atoms with Crippen molar-refractivity contribution in [2.45, 2.75) is 45.4 Å². The lowest BCUT2D eigenvalue weighted by molar-refractivity contribution is 0.448. The van der Waals surface area contributed by atoms with Crippen LogP contribution in [0.15, 0.2) is 12.4 Å². The lowest BCUT2D eigenvalue weighted by Crippen LogP contribution is -2.17. The predicted octanol–water partition coefficient (Wildman–Crippen LogP) is 3.08. The molecule has 0 N–H and O–H groups in total. The average molecular weight is 196 g/mol. The van der Waals surface area contributed by atoms with Crippen molar-refractivity contribution in [2.24, 2.45) is 0 Å². The zero-order chi connectivity index (χ0) is 10.6. The minimum atomic E-state index is -0.653. The van der Waals surface area contributed by atoms with Crippen LogP contribution in [0.25, 0.3) is 0 Å².